The van der Waals surface area contributed by atoms with Crippen molar-refractivity contribution in [3.05, 3.63) is 0 Å². The summed E-state index contributed by atoms with van der Waals surface area (Å²) in [6, 6.07) is 0. The van der Waals surface area contributed by atoms with Crippen molar-refractivity contribution in [1.82, 2.24) is 4.90 Å². The van der Waals surface area contributed by atoms with Crippen LogP contribution in [0.15, 0.2) is 0 Å². The number of carboxylic acids is 2. The number of carboxylic acid groups (broad SMARTS) is 2. The van der Waals surface area contributed by atoms with Gasteiger partial charge >= 0.3 is 11.9 Å². The molecule has 0 spiro atoms. The largest absolute Gasteiger partial charge is 0.481 e. The van der Waals surface area contributed by atoms with E-state index in [1.165, 1.54) is 193 Å². The Labute approximate surface area is 330 Å². The molecule has 0 saturated carbocycles. The smallest absolute Gasteiger partial charge is 0.303 e. The lowest BCUT2D eigenvalue weighted by molar-refractivity contribution is -0.138. The molecular formula is C46H95NO6. The molecule has 0 unspecified atom stereocenters. The van der Waals surface area contributed by atoms with Gasteiger partial charge in [0.2, 0.25) is 0 Å². The fourth-order valence-corrected chi connectivity index (χ4v) is 6.68. The van der Waals surface area contributed by atoms with Gasteiger partial charge in [-0.15, -0.1) is 0 Å². The number of rotatable bonds is 41. The molecule has 0 rings (SSSR count). The van der Waals surface area contributed by atoms with Crippen molar-refractivity contribution in [2.45, 2.75) is 252 Å². The number of carbonyl (C=O) groups is 2. The third-order valence-electron chi connectivity index (χ3n) is 10.1. The van der Waals surface area contributed by atoms with E-state index in [0.29, 0.717) is 25.9 Å². The number of hydrogen-bond donors (Lipinski definition) is 4. The van der Waals surface area contributed by atoms with Gasteiger partial charge < -0.3 is 20.4 Å². The van der Waals surface area contributed by atoms with Gasteiger partial charge in [-0.2, -0.15) is 0 Å². The van der Waals surface area contributed by atoms with Gasteiger partial charge in [-0.1, -0.05) is 220 Å². The number of nitrogens with zero attached hydrogens (tertiary/aromatic N) is 1. The fourth-order valence-electron chi connectivity index (χ4n) is 6.68. The summed E-state index contributed by atoms with van der Waals surface area (Å²) < 4.78 is 0. The molecule has 0 aromatic heterocycles. The Morgan fingerprint density at radius 2 is 0.528 bits per heavy atom. The van der Waals surface area contributed by atoms with E-state index in [0.717, 1.165) is 32.2 Å². The highest BCUT2D eigenvalue weighted by Crippen LogP contribution is 2.14. The van der Waals surface area contributed by atoms with E-state index < -0.39 is 11.9 Å². The van der Waals surface area contributed by atoms with Crippen LogP contribution in [0.25, 0.3) is 0 Å². The Bertz CT molecular complexity index is 638. The van der Waals surface area contributed by atoms with Crippen molar-refractivity contribution in [2.24, 2.45) is 0 Å². The SMILES string of the molecule is CCCCCCCCCCCC(=O)O.CCCCCCCCCCCC(=O)O.CCCCCCCCCCCCCCCCCCN(CCO)CCO. The molecule has 0 saturated heterocycles. The van der Waals surface area contributed by atoms with Crippen LogP contribution in [0.1, 0.15) is 252 Å². The van der Waals surface area contributed by atoms with Gasteiger partial charge in [0.15, 0.2) is 0 Å². The minimum absolute atomic E-state index is 0.193. The molecule has 0 heterocycles. The zero-order valence-electron chi connectivity index (χ0n) is 36.0. The minimum Gasteiger partial charge on any atom is -0.481 e. The van der Waals surface area contributed by atoms with Crippen molar-refractivity contribution in [2.75, 3.05) is 32.8 Å². The predicted molar refractivity (Wildman–Crippen MR) is 229 cm³/mol. The Morgan fingerprint density at radius 1 is 0.321 bits per heavy atom. The number of aliphatic hydroxyl groups is 2. The number of aliphatic carboxylic acids is 2. The maximum absolute atomic E-state index is 10.2. The standard InChI is InChI=1S/C22H47NO2.2C12H24O2/c1-2-3-4-5-6-7-8-9-10-11-12-13-14-15-16-17-18-23(19-21-24)20-22-25;2*1-2-3-4-5-6-7-8-9-10-11-12(13)14/h24-25H,2-22H2,1H3;2*2-11H2,1H3,(H,13,14). The summed E-state index contributed by atoms with van der Waals surface area (Å²) in [6.07, 6.45) is 45.3. The van der Waals surface area contributed by atoms with Crippen molar-refractivity contribution >= 4 is 11.9 Å². The third kappa shape index (κ3) is 60.3. The second kappa shape index (κ2) is 52.9. The first-order chi connectivity index (χ1) is 25.9. The second-order valence-corrected chi connectivity index (χ2v) is 15.5. The van der Waals surface area contributed by atoms with Crippen LogP contribution < -0.4 is 0 Å². The first-order valence-corrected chi connectivity index (χ1v) is 23.3. The second-order valence-electron chi connectivity index (χ2n) is 15.5. The topological polar surface area (TPSA) is 118 Å². The molecule has 0 aliphatic rings. The summed E-state index contributed by atoms with van der Waals surface area (Å²) in [5, 5.41) is 34.8. The molecule has 320 valence electrons. The lowest BCUT2D eigenvalue weighted by Gasteiger charge is -2.19. The lowest BCUT2D eigenvalue weighted by atomic mass is 10.0. The van der Waals surface area contributed by atoms with Crippen LogP contribution >= 0.6 is 0 Å². The van der Waals surface area contributed by atoms with Crippen LogP contribution in [0.4, 0.5) is 0 Å². The molecule has 0 aromatic carbocycles. The molecule has 0 bridgehead atoms. The highest BCUT2D eigenvalue weighted by molar-refractivity contribution is 5.66. The van der Waals surface area contributed by atoms with Gasteiger partial charge in [-0.25, -0.2) is 0 Å². The minimum atomic E-state index is -0.659. The Kier molecular flexibility index (Phi) is 56.1. The summed E-state index contributed by atoms with van der Waals surface area (Å²) in [5.41, 5.74) is 0. The summed E-state index contributed by atoms with van der Waals surface area (Å²) in [6.45, 7) is 9.53. The molecule has 0 radical (unpaired) electrons. The summed E-state index contributed by atoms with van der Waals surface area (Å²) in [5.74, 6) is -1.32. The van der Waals surface area contributed by atoms with Gasteiger partial charge in [0.1, 0.15) is 0 Å². The normalized spacial score (nSPS) is 10.9. The summed E-state index contributed by atoms with van der Waals surface area (Å²) in [7, 11) is 0. The quantitative estimate of drug-likeness (QED) is 0.0459. The van der Waals surface area contributed by atoms with E-state index in [4.69, 9.17) is 20.4 Å². The molecule has 0 amide bonds. The first kappa shape index (κ1) is 56.2. The van der Waals surface area contributed by atoms with Crippen molar-refractivity contribution in [1.29, 1.82) is 0 Å². The van der Waals surface area contributed by atoms with E-state index in [1.54, 1.807) is 0 Å². The highest BCUT2D eigenvalue weighted by Gasteiger charge is 2.03. The number of aliphatic hydroxyl groups excluding tert-OH is 2. The molecule has 0 aliphatic heterocycles. The van der Waals surface area contributed by atoms with Crippen LogP contribution in [0.5, 0.6) is 0 Å². The van der Waals surface area contributed by atoms with Crippen LogP contribution in [-0.4, -0.2) is 70.1 Å². The highest BCUT2D eigenvalue weighted by atomic mass is 16.4. The maximum atomic E-state index is 10.2. The van der Waals surface area contributed by atoms with Crippen molar-refractivity contribution in [3.63, 3.8) is 0 Å². The lowest BCUT2D eigenvalue weighted by Crippen LogP contribution is -2.30. The monoisotopic (exact) mass is 758 g/mol. The van der Waals surface area contributed by atoms with Gasteiger partial charge in [0.05, 0.1) is 13.2 Å². The molecule has 0 aliphatic carbocycles. The van der Waals surface area contributed by atoms with Crippen LogP contribution in [0.2, 0.25) is 0 Å². The van der Waals surface area contributed by atoms with E-state index in [2.05, 4.69) is 25.7 Å². The average Bonchev–Trinajstić information content (AvgIpc) is 3.14. The average molecular weight is 758 g/mol. The summed E-state index contributed by atoms with van der Waals surface area (Å²) in [4.78, 5) is 22.6. The Hall–Kier alpha value is -1.18. The zero-order valence-corrected chi connectivity index (χ0v) is 36.0. The molecule has 7 heteroatoms. The molecular weight excluding hydrogens is 663 g/mol. The first-order valence-electron chi connectivity index (χ1n) is 23.3. The van der Waals surface area contributed by atoms with Crippen LogP contribution in [-0.2, 0) is 9.59 Å². The number of unbranched alkanes of at least 4 members (excludes halogenated alkanes) is 31. The molecule has 0 fully saturated rings. The zero-order chi connectivity index (χ0) is 39.7. The molecule has 0 aromatic rings. The number of hydrogen-bond acceptors (Lipinski definition) is 5. The van der Waals surface area contributed by atoms with Crippen molar-refractivity contribution < 1.29 is 30.0 Å². The van der Waals surface area contributed by atoms with Crippen molar-refractivity contribution in [3.8, 4) is 0 Å². The van der Waals surface area contributed by atoms with Crippen LogP contribution in [0.3, 0.4) is 0 Å². The van der Waals surface area contributed by atoms with Gasteiger partial charge in [0, 0.05) is 25.9 Å². The molecule has 4 N–H and O–H groups in total. The summed E-state index contributed by atoms with van der Waals surface area (Å²) >= 11 is 0. The fraction of sp³-hybridized carbons (Fsp3) is 0.957. The molecule has 0 atom stereocenters. The van der Waals surface area contributed by atoms with Gasteiger partial charge in [-0.05, 0) is 25.8 Å². The van der Waals surface area contributed by atoms with Crippen LogP contribution in [0, 0.1) is 0 Å². The van der Waals surface area contributed by atoms with E-state index in [1.807, 2.05) is 0 Å². The Morgan fingerprint density at radius 3 is 0.736 bits per heavy atom. The maximum Gasteiger partial charge on any atom is 0.303 e. The third-order valence-corrected chi connectivity index (χ3v) is 10.1. The van der Waals surface area contributed by atoms with E-state index in [-0.39, 0.29) is 13.2 Å². The van der Waals surface area contributed by atoms with Gasteiger partial charge in [-0.3, -0.25) is 14.5 Å². The molecule has 53 heavy (non-hydrogen) atoms. The Balaban J connectivity index is -0.000000762. The predicted octanol–water partition coefficient (Wildman–Crippen LogP) is 13.5. The molecule has 7 nitrogen and oxygen atoms in total. The van der Waals surface area contributed by atoms with E-state index >= 15 is 0 Å². The van der Waals surface area contributed by atoms with E-state index in [9.17, 15) is 9.59 Å². The van der Waals surface area contributed by atoms with Gasteiger partial charge in [0.25, 0.3) is 0 Å².